The van der Waals surface area contributed by atoms with Gasteiger partial charge in [0.05, 0.1) is 0 Å². The van der Waals surface area contributed by atoms with E-state index in [9.17, 15) is 0 Å². The molecule has 0 fully saturated rings. The molecule has 0 bridgehead atoms. The van der Waals surface area contributed by atoms with Crippen LogP contribution in [0, 0.1) is 6.92 Å². The van der Waals surface area contributed by atoms with Gasteiger partial charge < -0.3 is 24.0 Å². The number of benzene rings is 2. The molecule has 3 rings (SSSR count). The molecule has 0 amide bonds. The van der Waals surface area contributed by atoms with Gasteiger partial charge in [0.25, 0.3) is 0 Å². The molecule has 1 atom stereocenters. The SMILES string of the molecule is Cc1ccc(C(c2ccccc2)[n+]2ccccc2)cc1.[I-]. The minimum absolute atomic E-state index is 0. The predicted molar refractivity (Wildman–Crippen MR) is 81.5 cm³/mol. The fraction of sp³-hybridized carbons (Fsp3) is 0.105. The Morgan fingerprint density at radius 2 is 1.19 bits per heavy atom. The Labute approximate surface area is 143 Å². The predicted octanol–water partition coefficient (Wildman–Crippen LogP) is 0.924. The van der Waals surface area contributed by atoms with Crippen molar-refractivity contribution in [3.8, 4) is 0 Å². The fourth-order valence-electron chi connectivity index (χ4n) is 2.50. The summed E-state index contributed by atoms with van der Waals surface area (Å²) in [4.78, 5) is 0. The Kier molecular flexibility index (Phi) is 5.51. The summed E-state index contributed by atoms with van der Waals surface area (Å²) in [6.07, 6.45) is 4.25. The van der Waals surface area contributed by atoms with E-state index >= 15 is 0 Å². The minimum atomic E-state index is 0. The first-order chi connectivity index (χ1) is 9.84. The van der Waals surface area contributed by atoms with Crippen molar-refractivity contribution in [2.24, 2.45) is 0 Å². The Morgan fingerprint density at radius 3 is 1.81 bits per heavy atom. The molecule has 2 aromatic carbocycles. The first kappa shape index (κ1) is 15.7. The van der Waals surface area contributed by atoms with E-state index in [1.165, 1.54) is 16.7 Å². The number of pyridine rings is 1. The monoisotopic (exact) mass is 387 g/mol. The molecule has 1 heterocycles. The summed E-state index contributed by atoms with van der Waals surface area (Å²) in [7, 11) is 0. The maximum atomic E-state index is 2.25. The summed E-state index contributed by atoms with van der Waals surface area (Å²) in [6, 6.07) is 25.8. The third kappa shape index (κ3) is 3.70. The van der Waals surface area contributed by atoms with Crippen molar-refractivity contribution >= 4 is 0 Å². The van der Waals surface area contributed by atoms with E-state index in [1.807, 2.05) is 6.07 Å². The zero-order valence-electron chi connectivity index (χ0n) is 12.0. The van der Waals surface area contributed by atoms with Crippen LogP contribution in [0.25, 0.3) is 0 Å². The van der Waals surface area contributed by atoms with E-state index in [-0.39, 0.29) is 30.0 Å². The molecule has 0 saturated carbocycles. The lowest BCUT2D eigenvalue weighted by Gasteiger charge is -2.13. The van der Waals surface area contributed by atoms with E-state index in [4.69, 9.17) is 0 Å². The highest BCUT2D eigenvalue weighted by Crippen LogP contribution is 2.21. The second-order valence-corrected chi connectivity index (χ2v) is 5.05. The summed E-state index contributed by atoms with van der Waals surface area (Å²) in [6.45, 7) is 2.12. The van der Waals surface area contributed by atoms with Crippen molar-refractivity contribution in [2.45, 2.75) is 13.0 Å². The van der Waals surface area contributed by atoms with Crippen LogP contribution in [-0.4, -0.2) is 0 Å². The van der Waals surface area contributed by atoms with Gasteiger partial charge in [-0.25, -0.2) is 0 Å². The number of hydrogen-bond donors (Lipinski definition) is 0. The van der Waals surface area contributed by atoms with E-state index in [2.05, 4.69) is 90.6 Å². The standard InChI is InChI=1S/C19H18N.HI/c1-16-10-12-18(13-11-16)19(17-8-4-2-5-9-17)20-14-6-3-7-15-20;/h2-15,19H,1H3;1H/q+1;/p-1. The molecule has 0 spiro atoms. The molecule has 0 radical (unpaired) electrons. The number of rotatable bonds is 3. The fourth-order valence-corrected chi connectivity index (χ4v) is 2.50. The molecule has 0 aliphatic rings. The van der Waals surface area contributed by atoms with Crippen LogP contribution in [0.3, 0.4) is 0 Å². The summed E-state index contributed by atoms with van der Waals surface area (Å²) < 4.78 is 2.25. The van der Waals surface area contributed by atoms with Gasteiger partial charge in [-0.15, -0.1) is 0 Å². The van der Waals surface area contributed by atoms with E-state index in [0.29, 0.717) is 0 Å². The Balaban J connectivity index is 0.00000161. The van der Waals surface area contributed by atoms with E-state index < -0.39 is 0 Å². The summed E-state index contributed by atoms with van der Waals surface area (Å²) in [5.74, 6) is 0. The molecule has 0 N–H and O–H groups in total. The molecule has 106 valence electrons. The smallest absolute Gasteiger partial charge is 0.208 e. The molecule has 0 aliphatic carbocycles. The van der Waals surface area contributed by atoms with Gasteiger partial charge in [0.15, 0.2) is 12.4 Å². The zero-order chi connectivity index (χ0) is 13.8. The molecule has 3 aromatic rings. The first-order valence-corrected chi connectivity index (χ1v) is 6.92. The average molecular weight is 387 g/mol. The van der Waals surface area contributed by atoms with Crippen molar-refractivity contribution in [1.29, 1.82) is 0 Å². The summed E-state index contributed by atoms with van der Waals surface area (Å²) in [5.41, 5.74) is 3.89. The molecule has 0 saturated heterocycles. The Morgan fingerprint density at radius 1 is 0.667 bits per heavy atom. The first-order valence-electron chi connectivity index (χ1n) is 6.92. The molecule has 0 aliphatic heterocycles. The molecular formula is C19H18IN. The lowest BCUT2D eigenvalue weighted by molar-refractivity contribution is -0.704. The lowest BCUT2D eigenvalue weighted by Crippen LogP contribution is -3.00. The van der Waals surface area contributed by atoms with Crippen LogP contribution in [0.15, 0.2) is 85.2 Å². The Hall–Kier alpha value is -1.68. The van der Waals surface area contributed by atoms with Crippen molar-refractivity contribution in [1.82, 2.24) is 0 Å². The van der Waals surface area contributed by atoms with Gasteiger partial charge in [0, 0.05) is 23.3 Å². The van der Waals surface area contributed by atoms with E-state index in [0.717, 1.165) is 0 Å². The van der Waals surface area contributed by atoms with Crippen LogP contribution in [0.2, 0.25) is 0 Å². The minimum Gasteiger partial charge on any atom is -1.00 e. The zero-order valence-corrected chi connectivity index (χ0v) is 14.1. The quantitative estimate of drug-likeness (QED) is 0.465. The van der Waals surface area contributed by atoms with Gasteiger partial charge in [-0.1, -0.05) is 66.2 Å². The number of hydrogen-bond acceptors (Lipinski definition) is 0. The van der Waals surface area contributed by atoms with Crippen molar-refractivity contribution in [3.63, 3.8) is 0 Å². The van der Waals surface area contributed by atoms with Gasteiger partial charge in [-0.2, -0.15) is 4.57 Å². The molecular weight excluding hydrogens is 369 g/mol. The molecule has 21 heavy (non-hydrogen) atoms. The number of aryl methyl sites for hydroxylation is 1. The summed E-state index contributed by atoms with van der Waals surface area (Å²) >= 11 is 0. The van der Waals surface area contributed by atoms with E-state index in [1.54, 1.807) is 0 Å². The topological polar surface area (TPSA) is 3.88 Å². The van der Waals surface area contributed by atoms with Crippen LogP contribution < -0.4 is 28.5 Å². The maximum Gasteiger partial charge on any atom is 0.208 e. The second kappa shape index (κ2) is 7.36. The normalized spacial score (nSPS) is 11.5. The van der Waals surface area contributed by atoms with Crippen molar-refractivity contribution in [2.75, 3.05) is 0 Å². The highest BCUT2D eigenvalue weighted by atomic mass is 127. The lowest BCUT2D eigenvalue weighted by atomic mass is 9.97. The average Bonchev–Trinajstić information content (AvgIpc) is 2.52. The molecule has 1 unspecified atom stereocenters. The second-order valence-electron chi connectivity index (χ2n) is 5.05. The van der Waals surface area contributed by atoms with Crippen LogP contribution in [-0.2, 0) is 0 Å². The third-order valence-corrected chi connectivity index (χ3v) is 3.55. The molecule has 1 nitrogen and oxygen atoms in total. The highest BCUT2D eigenvalue weighted by Gasteiger charge is 2.22. The largest absolute Gasteiger partial charge is 1.00 e. The van der Waals surface area contributed by atoms with Gasteiger partial charge in [0.2, 0.25) is 6.04 Å². The van der Waals surface area contributed by atoms with Gasteiger partial charge in [-0.3, -0.25) is 0 Å². The van der Waals surface area contributed by atoms with Gasteiger partial charge in [-0.05, 0) is 6.92 Å². The third-order valence-electron chi connectivity index (χ3n) is 3.55. The van der Waals surface area contributed by atoms with Crippen molar-refractivity contribution < 1.29 is 28.5 Å². The number of aromatic nitrogens is 1. The number of halogens is 1. The highest BCUT2D eigenvalue weighted by molar-refractivity contribution is 5.31. The summed E-state index contributed by atoms with van der Waals surface area (Å²) in [5, 5.41) is 0. The maximum absolute atomic E-state index is 2.25. The van der Waals surface area contributed by atoms with Crippen LogP contribution in [0.5, 0.6) is 0 Å². The van der Waals surface area contributed by atoms with Gasteiger partial charge >= 0.3 is 0 Å². The van der Waals surface area contributed by atoms with Gasteiger partial charge in [0.1, 0.15) is 0 Å². The molecule has 1 aromatic heterocycles. The Bertz CT molecular complexity index is 623. The van der Waals surface area contributed by atoms with Crippen LogP contribution in [0.1, 0.15) is 22.7 Å². The number of nitrogens with zero attached hydrogens (tertiary/aromatic N) is 1. The molecule has 2 heteroatoms. The van der Waals surface area contributed by atoms with Crippen molar-refractivity contribution in [3.05, 3.63) is 102 Å². The van der Waals surface area contributed by atoms with Crippen LogP contribution in [0.4, 0.5) is 0 Å². The van der Waals surface area contributed by atoms with Crippen LogP contribution >= 0.6 is 0 Å².